The van der Waals surface area contributed by atoms with Gasteiger partial charge in [-0.1, -0.05) is 35.3 Å². The van der Waals surface area contributed by atoms with Crippen molar-refractivity contribution in [3.63, 3.8) is 0 Å². The number of rotatable bonds is 9. The summed E-state index contributed by atoms with van der Waals surface area (Å²) in [6.45, 7) is 1.90. The second-order valence-corrected chi connectivity index (χ2v) is 6.90. The zero-order valence-electron chi connectivity index (χ0n) is 14.7. The number of aliphatic hydroxyl groups is 1. The van der Waals surface area contributed by atoms with Crippen LogP contribution in [0.15, 0.2) is 36.4 Å². The number of phenols is 1. The van der Waals surface area contributed by atoms with Gasteiger partial charge in [-0.05, 0) is 49.2 Å². The molecule has 2 aromatic carbocycles. The van der Waals surface area contributed by atoms with Gasteiger partial charge in [0.15, 0.2) is 6.61 Å². The van der Waals surface area contributed by atoms with Gasteiger partial charge < -0.3 is 25.4 Å². The molecular weight excluding hydrogens is 393 g/mol. The monoisotopic (exact) mass is 413 g/mol. The molecule has 27 heavy (non-hydrogen) atoms. The maximum atomic E-state index is 10.6. The van der Waals surface area contributed by atoms with Gasteiger partial charge in [0.25, 0.3) is 0 Å². The molecule has 0 amide bonds. The molecule has 8 heteroatoms. The lowest BCUT2D eigenvalue weighted by Gasteiger charge is -2.21. The Balaban J connectivity index is 1.91. The lowest BCUT2D eigenvalue weighted by Crippen LogP contribution is -2.33. The highest BCUT2D eigenvalue weighted by Crippen LogP contribution is 2.31. The first kappa shape index (κ1) is 21.3. The van der Waals surface area contributed by atoms with E-state index in [2.05, 4.69) is 5.32 Å². The first-order chi connectivity index (χ1) is 12.8. The zero-order chi connectivity index (χ0) is 20.0. The third kappa shape index (κ3) is 6.29. The molecule has 0 fully saturated rings. The average Bonchev–Trinajstić information content (AvgIpc) is 2.62. The zero-order valence-corrected chi connectivity index (χ0v) is 16.2. The Hall–Kier alpha value is -1.99. The van der Waals surface area contributed by atoms with Crippen LogP contribution in [-0.4, -0.2) is 40.5 Å². The van der Waals surface area contributed by atoms with Crippen molar-refractivity contribution >= 4 is 29.2 Å². The fraction of sp³-hybridized carbons (Fsp3) is 0.316. The van der Waals surface area contributed by atoms with Gasteiger partial charge >= 0.3 is 5.97 Å². The molecule has 0 heterocycles. The normalized spacial score (nSPS) is 13.2. The van der Waals surface area contributed by atoms with Gasteiger partial charge in [-0.3, -0.25) is 0 Å². The van der Waals surface area contributed by atoms with Crippen LogP contribution in [0, 0.1) is 0 Å². The van der Waals surface area contributed by atoms with Crippen molar-refractivity contribution < 1.29 is 24.9 Å². The number of aliphatic carboxylic acids is 1. The van der Waals surface area contributed by atoms with Crippen molar-refractivity contribution in [2.45, 2.75) is 25.5 Å². The minimum Gasteiger partial charge on any atom is -0.508 e. The van der Waals surface area contributed by atoms with Crippen LogP contribution in [0.3, 0.4) is 0 Å². The maximum absolute atomic E-state index is 10.6. The summed E-state index contributed by atoms with van der Waals surface area (Å²) in [5.41, 5.74) is 1.48. The topological polar surface area (TPSA) is 99.0 Å². The summed E-state index contributed by atoms with van der Waals surface area (Å²) in [6, 6.07) is 9.32. The molecule has 0 saturated heterocycles. The number of carboxylic acids is 1. The highest BCUT2D eigenvalue weighted by Gasteiger charge is 2.16. The molecule has 0 spiro atoms. The molecule has 0 radical (unpaired) electrons. The van der Waals surface area contributed by atoms with E-state index in [0.29, 0.717) is 23.6 Å². The average molecular weight is 414 g/mol. The largest absolute Gasteiger partial charge is 0.508 e. The fourth-order valence-corrected chi connectivity index (χ4v) is 3.01. The van der Waals surface area contributed by atoms with Gasteiger partial charge in [0.2, 0.25) is 0 Å². The number of hydrogen-bond donors (Lipinski definition) is 4. The standard InChI is InChI=1S/C19H21Cl2NO5/c1-11(19(26)12-2-4-14(23)5-3-12)22-7-6-13-8-16(21)17(9-15(13)20)27-10-18(24)25/h2-5,8-9,11,19,22-23,26H,6-7,10H2,1H3,(H,24,25)/t11-,19+/m0/s1. The molecule has 0 aliphatic rings. The van der Waals surface area contributed by atoms with Crippen LogP contribution in [0.25, 0.3) is 0 Å². The molecule has 0 saturated carbocycles. The number of halogens is 2. The SMILES string of the molecule is C[C@H](NCCc1cc(Cl)c(OCC(=O)O)cc1Cl)[C@@H](O)c1ccc(O)cc1. The molecule has 0 aliphatic heterocycles. The predicted octanol–water partition coefficient (Wildman–Crippen LogP) is 3.42. The molecular formula is C19H21Cl2NO5. The van der Waals surface area contributed by atoms with E-state index in [4.69, 9.17) is 33.0 Å². The van der Waals surface area contributed by atoms with Crippen LogP contribution in [0.2, 0.25) is 10.0 Å². The van der Waals surface area contributed by atoms with Crippen molar-refractivity contribution in [3.05, 3.63) is 57.6 Å². The molecule has 2 atom stereocenters. The predicted molar refractivity (Wildman–Crippen MR) is 104 cm³/mol. The summed E-state index contributed by atoms with van der Waals surface area (Å²) in [5.74, 6) is -0.734. The Bertz CT molecular complexity index is 782. The van der Waals surface area contributed by atoms with E-state index < -0.39 is 18.7 Å². The number of aliphatic hydroxyl groups excluding tert-OH is 1. The van der Waals surface area contributed by atoms with Crippen molar-refractivity contribution in [2.75, 3.05) is 13.2 Å². The number of carbonyl (C=O) groups is 1. The summed E-state index contributed by atoms with van der Waals surface area (Å²) in [5, 5.41) is 32.3. The Morgan fingerprint density at radius 3 is 2.48 bits per heavy atom. The number of carboxylic acid groups (broad SMARTS) is 1. The van der Waals surface area contributed by atoms with Crippen LogP contribution in [0.4, 0.5) is 0 Å². The molecule has 0 aromatic heterocycles. The summed E-state index contributed by atoms with van der Waals surface area (Å²) >= 11 is 12.3. The number of hydrogen-bond acceptors (Lipinski definition) is 5. The summed E-state index contributed by atoms with van der Waals surface area (Å²) in [7, 11) is 0. The van der Waals surface area contributed by atoms with Gasteiger partial charge in [0.05, 0.1) is 11.1 Å². The molecule has 4 N–H and O–H groups in total. The summed E-state index contributed by atoms with van der Waals surface area (Å²) in [6.07, 6.45) is -0.166. The Kier molecular flexibility index (Phi) is 7.74. The highest BCUT2D eigenvalue weighted by molar-refractivity contribution is 6.34. The third-order valence-corrected chi connectivity index (χ3v) is 4.67. The molecule has 0 bridgehead atoms. The second kappa shape index (κ2) is 9.80. The van der Waals surface area contributed by atoms with Gasteiger partial charge in [-0.2, -0.15) is 0 Å². The third-order valence-electron chi connectivity index (χ3n) is 4.02. The maximum Gasteiger partial charge on any atom is 0.341 e. The first-order valence-corrected chi connectivity index (χ1v) is 9.06. The number of aromatic hydroxyl groups is 1. The van der Waals surface area contributed by atoms with Crippen LogP contribution in [-0.2, 0) is 11.2 Å². The Morgan fingerprint density at radius 1 is 1.19 bits per heavy atom. The first-order valence-electron chi connectivity index (χ1n) is 8.31. The van der Waals surface area contributed by atoms with Crippen molar-refractivity contribution in [3.8, 4) is 11.5 Å². The number of benzene rings is 2. The van der Waals surface area contributed by atoms with Crippen molar-refractivity contribution in [1.29, 1.82) is 0 Å². The quantitative estimate of drug-likeness (QED) is 0.502. The molecule has 2 aromatic rings. The van der Waals surface area contributed by atoms with E-state index in [9.17, 15) is 15.0 Å². The Morgan fingerprint density at radius 2 is 1.85 bits per heavy atom. The fourth-order valence-electron chi connectivity index (χ4n) is 2.52. The lowest BCUT2D eigenvalue weighted by atomic mass is 10.0. The minimum atomic E-state index is -1.10. The highest BCUT2D eigenvalue weighted by atomic mass is 35.5. The number of nitrogens with one attached hydrogen (secondary N) is 1. The minimum absolute atomic E-state index is 0.147. The molecule has 0 aliphatic carbocycles. The Labute approximate surface area is 167 Å². The van der Waals surface area contributed by atoms with E-state index in [0.717, 1.165) is 5.56 Å². The van der Waals surface area contributed by atoms with Crippen molar-refractivity contribution in [1.82, 2.24) is 5.32 Å². The lowest BCUT2D eigenvalue weighted by molar-refractivity contribution is -0.139. The second-order valence-electron chi connectivity index (χ2n) is 6.09. The molecule has 6 nitrogen and oxygen atoms in total. The summed E-state index contributed by atoms with van der Waals surface area (Å²) in [4.78, 5) is 10.6. The van der Waals surface area contributed by atoms with E-state index in [1.165, 1.54) is 18.2 Å². The van der Waals surface area contributed by atoms with E-state index >= 15 is 0 Å². The number of ether oxygens (including phenoxy) is 1. The van der Waals surface area contributed by atoms with Crippen LogP contribution >= 0.6 is 23.2 Å². The number of phenolic OH excluding ortho intramolecular Hbond substituents is 1. The van der Waals surface area contributed by atoms with Gasteiger partial charge in [0, 0.05) is 17.1 Å². The van der Waals surface area contributed by atoms with Crippen molar-refractivity contribution in [2.24, 2.45) is 0 Å². The molecule has 146 valence electrons. The smallest absolute Gasteiger partial charge is 0.341 e. The molecule has 2 rings (SSSR count). The van der Waals surface area contributed by atoms with Gasteiger partial charge in [-0.25, -0.2) is 4.79 Å². The molecule has 0 unspecified atom stereocenters. The summed E-state index contributed by atoms with van der Waals surface area (Å²) < 4.78 is 5.08. The van der Waals surface area contributed by atoms with Crippen LogP contribution in [0.5, 0.6) is 11.5 Å². The van der Waals surface area contributed by atoms with Crippen LogP contribution < -0.4 is 10.1 Å². The van der Waals surface area contributed by atoms with Gasteiger partial charge in [-0.15, -0.1) is 0 Å². The van der Waals surface area contributed by atoms with E-state index in [1.54, 1.807) is 18.2 Å². The van der Waals surface area contributed by atoms with E-state index in [1.807, 2.05) is 6.92 Å². The van der Waals surface area contributed by atoms with Crippen LogP contribution in [0.1, 0.15) is 24.2 Å². The van der Waals surface area contributed by atoms with Gasteiger partial charge in [0.1, 0.15) is 11.5 Å². The van der Waals surface area contributed by atoms with E-state index in [-0.39, 0.29) is 22.6 Å².